The van der Waals surface area contributed by atoms with Gasteiger partial charge >= 0.3 is 0 Å². The van der Waals surface area contributed by atoms with Crippen molar-refractivity contribution < 1.29 is 9.47 Å². The van der Waals surface area contributed by atoms with Crippen LogP contribution in [0.15, 0.2) is 12.4 Å². The average molecular weight is 260 g/mol. The average Bonchev–Trinajstić information content (AvgIpc) is 2.28. The molecule has 1 heterocycles. The molecule has 0 fully saturated rings. The van der Waals surface area contributed by atoms with Gasteiger partial charge < -0.3 is 14.8 Å². The van der Waals surface area contributed by atoms with Gasteiger partial charge in [0.25, 0.3) is 0 Å². The monoisotopic (exact) mass is 259 g/mol. The number of hydrogen-bond donors (Lipinski definition) is 1. The van der Waals surface area contributed by atoms with E-state index in [0.29, 0.717) is 31.5 Å². The van der Waals surface area contributed by atoms with E-state index in [4.69, 9.17) is 21.1 Å². The lowest BCUT2D eigenvalue weighted by atomic mass is 10.4. The molecule has 0 saturated carbocycles. The first-order valence-corrected chi connectivity index (χ1v) is 6.12. The van der Waals surface area contributed by atoms with E-state index in [1.54, 1.807) is 6.07 Å². The predicted octanol–water partition coefficient (Wildman–Crippen LogP) is 1.93. The van der Waals surface area contributed by atoms with Crippen molar-refractivity contribution >= 4 is 17.4 Å². The smallest absolute Gasteiger partial charge is 0.218 e. The molecule has 0 radical (unpaired) electrons. The molecule has 0 saturated heterocycles. The third kappa shape index (κ3) is 6.28. The highest BCUT2D eigenvalue weighted by molar-refractivity contribution is 6.17. The summed E-state index contributed by atoms with van der Waals surface area (Å²) in [5.41, 5.74) is 0. The summed E-state index contributed by atoms with van der Waals surface area (Å²) in [7, 11) is 0. The maximum atomic E-state index is 5.48. The number of nitrogens with one attached hydrogen (secondary N) is 1. The summed E-state index contributed by atoms with van der Waals surface area (Å²) in [6.07, 6.45) is 1.57. The first-order valence-electron chi connectivity index (χ1n) is 5.58. The number of hydrogen-bond acceptors (Lipinski definition) is 5. The second-order valence-corrected chi connectivity index (χ2v) is 4.01. The molecule has 0 aliphatic carbocycles. The van der Waals surface area contributed by atoms with Gasteiger partial charge in [-0.25, -0.2) is 9.97 Å². The summed E-state index contributed by atoms with van der Waals surface area (Å²) in [5.74, 6) is 1.81. The maximum absolute atomic E-state index is 5.48. The molecule has 0 unspecified atom stereocenters. The Hall–Kier alpha value is -1.07. The third-order valence-corrected chi connectivity index (χ3v) is 1.93. The molecule has 6 heteroatoms. The molecule has 0 aromatic carbocycles. The Morgan fingerprint density at radius 3 is 2.88 bits per heavy atom. The van der Waals surface area contributed by atoms with Gasteiger partial charge in [0.1, 0.15) is 12.1 Å². The maximum Gasteiger partial charge on any atom is 0.218 e. The standard InChI is InChI=1S/C11H18ClN3O2/c1-9(2)17-11-7-10(14-8-15-11)13-4-6-16-5-3-12/h7-9H,3-6H2,1-2H3,(H,13,14,15). The molecule has 0 bridgehead atoms. The highest BCUT2D eigenvalue weighted by Gasteiger charge is 2.01. The van der Waals surface area contributed by atoms with Gasteiger partial charge in [-0.3, -0.25) is 0 Å². The lowest BCUT2D eigenvalue weighted by Gasteiger charge is -2.10. The molecular formula is C11H18ClN3O2. The van der Waals surface area contributed by atoms with Crippen LogP contribution in [0, 0.1) is 0 Å². The van der Waals surface area contributed by atoms with E-state index in [1.807, 2.05) is 13.8 Å². The van der Waals surface area contributed by atoms with E-state index < -0.39 is 0 Å². The minimum atomic E-state index is 0.102. The van der Waals surface area contributed by atoms with E-state index in [1.165, 1.54) is 6.33 Å². The SMILES string of the molecule is CC(C)Oc1cc(NCCOCCCl)ncn1. The van der Waals surface area contributed by atoms with Gasteiger partial charge in [-0.2, -0.15) is 0 Å². The van der Waals surface area contributed by atoms with Crippen molar-refractivity contribution in [1.29, 1.82) is 0 Å². The summed E-state index contributed by atoms with van der Waals surface area (Å²) in [4.78, 5) is 8.10. The second kappa shape index (κ2) is 8.08. The number of nitrogens with zero attached hydrogens (tertiary/aromatic N) is 2. The number of halogens is 1. The topological polar surface area (TPSA) is 56.3 Å². The summed E-state index contributed by atoms with van der Waals surface area (Å²) in [6, 6.07) is 1.77. The summed E-state index contributed by atoms with van der Waals surface area (Å²) in [6.45, 7) is 5.74. The van der Waals surface area contributed by atoms with Gasteiger partial charge in [0.05, 0.1) is 19.3 Å². The Morgan fingerprint density at radius 2 is 2.18 bits per heavy atom. The van der Waals surface area contributed by atoms with Crippen LogP contribution in [-0.2, 0) is 4.74 Å². The first kappa shape index (κ1) is 14.0. The van der Waals surface area contributed by atoms with Crippen LogP contribution in [0.2, 0.25) is 0 Å². The molecule has 17 heavy (non-hydrogen) atoms. The van der Waals surface area contributed by atoms with Gasteiger partial charge in [-0.1, -0.05) is 0 Å². The van der Waals surface area contributed by atoms with Crippen molar-refractivity contribution in [2.24, 2.45) is 0 Å². The van der Waals surface area contributed by atoms with Crippen LogP contribution in [0.25, 0.3) is 0 Å². The van der Waals surface area contributed by atoms with Crippen LogP contribution in [0.3, 0.4) is 0 Å². The Morgan fingerprint density at radius 1 is 1.35 bits per heavy atom. The van der Waals surface area contributed by atoms with Crippen LogP contribution in [0.1, 0.15) is 13.8 Å². The van der Waals surface area contributed by atoms with Crippen LogP contribution in [0.5, 0.6) is 5.88 Å². The Kier molecular flexibility index (Phi) is 6.65. The number of ether oxygens (including phenoxy) is 2. The highest BCUT2D eigenvalue weighted by Crippen LogP contribution is 2.11. The van der Waals surface area contributed by atoms with Crippen molar-refractivity contribution in [2.45, 2.75) is 20.0 Å². The van der Waals surface area contributed by atoms with E-state index in [-0.39, 0.29) is 6.10 Å². The number of alkyl halides is 1. The zero-order valence-electron chi connectivity index (χ0n) is 10.1. The molecule has 1 aromatic rings. The molecule has 0 aliphatic heterocycles. The van der Waals surface area contributed by atoms with Crippen molar-refractivity contribution in [3.8, 4) is 5.88 Å². The molecular weight excluding hydrogens is 242 g/mol. The largest absolute Gasteiger partial charge is 0.475 e. The van der Waals surface area contributed by atoms with E-state index in [9.17, 15) is 0 Å². The molecule has 0 atom stereocenters. The lowest BCUT2D eigenvalue weighted by molar-refractivity contribution is 0.160. The Labute approximate surface area is 107 Å². The molecule has 1 rings (SSSR count). The molecule has 0 spiro atoms. The summed E-state index contributed by atoms with van der Waals surface area (Å²) in [5, 5.41) is 3.12. The van der Waals surface area contributed by atoms with Gasteiger partial charge in [0.15, 0.2) is 0 Å². The van der Waals surface area contributed by atoms with Crippen LogP contribution in [0.4, 0.5) is 5.82 Å². The first-order chi connectivity index (χ1) is 8.22. The van der Waals surface area contributed by atoms with Crippen LogP contribution < -0.4 is 10.1 Å². The number of anilines is 1. The second-order valence-electron chi connectivity index (χ2n) is 3.64. The minimum Gasteiger partial charge on any atom is -0.475 e. The van der Waals surface area contributed by atoms with Crippen molar-refractivity contribution in [3.63, 3.8) is 0 Å². The Balaban J connectivity index is 2.32. The quantitative estimate of drug-likeness (QED) is 0.571. The Bertz CT molecular complexity index is 323. The lowest BCUT2D eigenvalue weighted by Crippen LogP contribution is -2.12. The van der Waals surface area contributed by atoms with E-state index in [2.05, 4.69) is 15.3 Å². The van der Waals surface area contributed by atoms with Crippen LogP contribution >= 0.6 is 11.6 Å². The highest BCUT2D eigenvalue weighted by atomic mass is 35.5. The van der Waals surface area contributed by atoms with Crippen LogP contribution in [-0.4, -0.2) is 41.7 Å². The number of rotatable bonds is 8. The zero-order valence-corrected chi connectivity index (χ0v) is 10.9. The fourth-order valence-corrected chi connectivity index (χ4v) is 1.26. The predicted molar refractivity (Wildman–Crippen MR) is 67.8 cm³/mol. The molecule has 5 nitrogen and oxygen atoms in total. The zero-order chi connectivity index (χ0) is 12.5. The summed E-state index contributed by atoms with van der Waals surface area (Å²) >= 11 is 5.48. The summed E-state index contributed by atoms with van der Waals surface area (Å²) < 4.78 is 10.7. The molecule has 0 aliphatic rings. The van der Waals surface area contributed by atoms with E-state index >= 15 is 0 Å². The number of aromatic nitrogens is 2. The van der Waals surface area contributed by atoms with Crippen molar-refractivity contribution in [1.82, 2.24) is 9.97 Å². The van der Waals surface area contributed by atoms with E-state index in [0.717, 1.165) is 5.82 Å². The third-order valence-electron chi connectivity index (χ3n) is 1.77. The minimum absolute atomic E-state index is 0.102. The van der Waals surface area contributed by atoms with Gasteiger partial charge in [-0.05, 0) is 13.8 Å². The molecule has 1 N–H and O–H groups in total. The van der Waals surface area contributed by atoms with Gasteiger partial charge in [0, 0.05) is 18.5 Å². The normalized spacial score (nSPS) is 10.6. The fourth-order valence-electron chi connectivity index (χ4n) is 1.15. The fraction of sp³-hybridized carbons (Fsp3) is 0.636. The van der Waals surface area contributed by atoms with Gasteiger partial charge in [-0.15, -0.1) is 11.6 Å². The molecule has 1 aromatic heterocycles. The molecule has 0 amide bonds. The van der Waals surface area contributed by atoms with Crippen molar-refractivity contribution in [2.75, 3.05) is 31.0 Å². The van der Waals surface area contributed by atoms with Crippen molar-refractivity contribution in [3.05, 3.63) is 12.4 Å². The molecule has 96 valence electrons. The van der Waals surface area contributed by atoms with Gasteiger partial charge in [0.2, 0.25) is 5.88 Å².